The van der Waals surface area contributed by atoms with Gasteiger partial charge in [0.15, 0.2) is 0 Å². The van der Waals surface area contributed by atoms with Crippen LogP contribution in [0.2, 0.25) is 5.02 Å². The number of halogens is 1. The first-order valence-electron chi connectivity index (χ1n) is 7.48. The van der Waals surface area contributed by atoms with Crippen LogP contribution in [0.15, 0.2) is 72.8 Å². The summed E-state index contributed by atoms with van der Waals surface area (Å²) in [5.41, 5.74) is 3.28. The molecule has 0 aliphatic carbocycles. The number of carbonyl (C=O) groups is 1. The maximum absolute atomic E-state index is 12.4. The Hall–Kier alpha value is -2.78. The SMILES string of the molecule is COc1ccc(Cl)cc1NC(=O)c1ccc(-c2ccccc2)cc1. The molecule has 0 aliphatic rings. The molecule has 0 saturated carbocycles. The van der Waals surface area contributed by atoms with Crippen LogP contribution in [0, 0.1) is 0 Å². The van der Waals surface area contributed by atoms with Gasteiger partial charge >= 0.3 is 0 Å². The summed E-state index contributed by atoms with van der Waals surface area (Å²) in [6.07, 6.45) is 0. The van der Waals surface area contributed by atoms with Gasteiger partial charge in [0.1, 0.15) is 5.75 Å². The molecule has 4 heteroatoms. The smallest absolute Gasteiger partial charge is 0.255 e. The standard InChI is InChI=1S/C20H16ClNO2/c1-24-19-12-11-17(21)13-18(19)22-20(23)16-9-7-15(8-10-16)14-5-3-2-4-6-14/h2-13H,1H3,(H,22,23). The minimum atomic E-state index is -0.213. The molecule has 0 atom stereocenters. The number of carbonyl (C=O) groups excluding carboxylic acids is 1. The maximum Gasteiger partial charge on any atom is 0.255 e. The van der Waals surface area contributed by atoms with E-state index in [-0.39, 0.29) is 5.91 Å². The summed E-state index contributed by atoms with van der Waals surface area (Å²) < 4.78 is 5.24. The van der Waals surface area contributed by atoms with Crippen LogP contribution in [-0.4, -0.2) is 13.0 Å². The molecule has 3 rings (SSSR count). The van der Waals surface area contributed by atoms with E-state index < -0.39 is 0 Å². The molecule has 0 spiro atoms. The van der Waals surface area contributed by atoms with E-state index in [2.05, 4.69) is 5.32 Å². The number of anilines is 1. The van der Waals surface area contributed by atoms with Crippen LogP contribution in [-0.2, 0) is 0 Å². The van der Waals surface area contributed by atoms with E-state index in [9.17, 15) is 4.79 Å². The van der Waals surface area contributed by atoms with Gasteiger partial charge in [0.25, 0.3) is 5.91 Å². The number of nitrogens with one attached hydrogen (secondary N) is 1. The van der Waals surface area contributed by atoms with Crippen molar-refractivity contribution in [3.63, 3.8) is 0 Å². The highest BCUT2D eigenvalue weighted by molar-refractivity contribution is 6.31. The van der Waals surface area contributed by atoms with E-state index in [0.717, 1.165) is 11.1 Å². The van der Waals surface area contributed by atoms with Crippen molar-refractivity contribution >= 4 is 23.2 Å². The number of rotatable bonds is 4. The van der Waals surface area contributed by atoms with Crippen molar-refractivity contribution in [1.82, 2.24) is 0 Å². The summed E-state index contributed by atoms with van der Waals surface area (Å²) in [5, 5.41) is 3.36. The number of amides is 1. The Morgan fingerprint density at radius 3 is 2.25 bits per heavy atom. The normalized spacial score (nSPS) is 10.2. The van der Waals surface area contributed by atoms with Crippen LogP contribution in [0.1, 0.15) is 10.4 Å². The van der Waals surface area contributed by atoms with Gasteiger partial charge in [0.2, 0.25) is 0 Å². The molecule has 3 aromatic rings. The topological polar surface area (TPSA) is 38.3 Å². The molecule has 120 valence electrons. The van der Waals surface area contributed by atoms with Gasteiger partial charge in [-0.1, -0.05) is 54.1 Å². The predicted octanol–water partition coefficient (Wildman–Crippen LogP) is 5.27. The fraction of sp³-hybridized carbons (Fsp3) is 0.0500. The van der Waals surface area contributed by atoms with E-state index in [0.29, 0.717) is 22.0 Å². The lowest BCUT2D eigenvalue weighted by molar-refractivity contribution is 0.102. The van der Waals surface area contributed by atoms with Crippen LogP contribution in [0.3, 0.4) is 0 Å². The highest BCUT2D eigenvalue weighted by Crippen LogP contribution is 2.28. The third-order valence-electron chi connectivity index (χ3n) is 3.66. The summed E-state index contributed by atoms with van der Waals surface area (Å²) in [6, 6.07) is 22.6. The first kappa shape index (κ1) is 16.1. The van der Waals surface area contributed by atoms with Crippen LogP contribution in [0.4, 0.5) is 5.69 Å². The van der Waals surface area contributed by atoms with Crippen molar-refractivity contribution in [2.45, 2.75) is 0 Å². The van der Waals surface area contributed by atoms with E-state index >= 15 is 0 Å². The summed E-state index contributed by atoms with van der Waals surface area (Å²) in [5.74, 6) is 0.351. The fourth-order valence-electron chi connectivity index (χ4n) is 2.42. The Balaban J connectivity index is 1.80. The van der Waals surface area contributed by atoms with Crippen LogP contribution >= 0.6 is 11.6 Å². The lowest BCUT2D eigenvalue weighted by Gasteiger charge is -2.11. The molecule has 0 aromatic heterocycles. The van der Waals surface area contributed by atoms with Gasteiger partial charge in [0.05, 0.1) is 12.8 Å². The highest BCUT2D eigenvalue weighted by Gasteiger charge is 2.10. The zero-order valence-electron chi connectivity index (χ0n) is 13.1. The van der Waals surface area contributed by atoms with Crippen molar-refractivity contribution in [2.24, 2.45) is 0 Å². The van der Waals surface area contributed by atoms with Crippen LogP contribution in [0.25, 0.3) is 11.1 Å². The highest BCUT2D eigenvalue weighted by atomic mass is 35.5. The van der Waals surface area contributed by atoms with Gasteiger partial charge in [-0.15, -0.1) is 0 Å². The van der Waals surface area contributed by atoms with Gasteiger partial charge < -0.3 is 10.1 Å². The Bertz CT molecular complexity index is 845. The summed E-state index contributed by atoms with van der Waals surface area (Å²) in [7, 11) is 1.55. The van der Waals surface area contributed by atoms with Crippen LogP contribution < -0.4 is 10.1 Å². The van der Waals surface area contributed by atoms with E-state index in [1.807, 2.05) is 42.5 Å². The molecular formula is C20H16ClNO2. The Morgan fingerprint density at radius 1 is 0.917 bits per heavy atom. The Labute approximate surface area is 145 Å². The monoisotopic (exact) mass is 337 g/mol. The van der Waals surface area contributed by atoms with Crippen molar-refractivity contribution in [1.29, 1.82) is 0 Å². The fourth-order valence-corrected chi connectivity index (χ4v) is 2.59. The molecule has 3 aromatic carbocycles. The number of ether oxygens (including phenoxy) is 1. The molecule has 0 saturated heterocycles. The molecular weight excluding hydrogens is 322 g/mol. The van der Waals surface area contributed by atoms with Gasteiger partial charge in [-0.05, 0) is 41.5 Å². The number of hydrogen-bond acceptors (Lipinski definition) is 2. The molecule has 0 radical (unpaired) electrons. The molecule has 1 N–H and O–H groups in total. The Kier molecular flexibility index (Phi) is 4.82. The first-order valence-corrected chi connectivity index (χ1v) is 7.85. The lowest BCUT2D eigenvalue weighted by Crippen LogP contribution is -2.12. The summed E-state index contributed by atoms with van der Waals surface area (Å²) >= 11 is 5.99. The molecule has 0 heterocycles. The van der Waals surface area contributed by atoms with E-state index in [1.165, 1.54) is 0 Å². The largest absolute Gasteiger partial charge is 0.495 e. The predicted molar refractivity (Wildman–Crippen MR) is 97.8 cm³/mol. The molecule has 24 heavy (non-hydrogen) atoms. The van der Waals surface area contributed by atoms with Gasteiger partial charge in [-0.2, -0.15) is 0 Å². The molecule has 1 amide bonds. The molecule has 3 nitrogen and oxygen atoms in total. The van der Waals surface area contributed by atoms with Crippen LogP contribution in [0.5, 0.6) is 5.75 Å². The molecule has 0 bridgehead atoms. The third kappa shape index (κ3) is 3.58. The Morgan fingerprint density at radius 2 is 1.58 bits per heavy atom. The first-order chi connectivity index (χ1) is 11.7. The molecule has 0 unspecified atom stereocenters. The quantitative estimate of drug-likeness (QED) is 0.704. The number of methoxy groups -OCH3 is 1. The molecule has 0 aliphatic heterocycles. The number of benzene rings is 3. The zero-order valence-corrected chi connectivity index (χ0v) is 13.9. The van der Waals surface area contributed by atoms with E-state index in [1.54, 1.807) is 37.4 Å². The zero-order chi connectivity index (χ0) is 16.9. The summed E-state index contributed by atoms with van der Waals surface area (Å²) in [4.78, 5) is 12.4. The summed E-state index contributed by atoms with van der Waals surface area (Å²) in [6.45, 7) is 0. The minimum Gasteiger partial charge on any atom is -0.495 e. The third-order valence-corrected chi connectivity index (χ3v) is 3.90. The second kappa shape index (κ2) is 7.20. The second-order valence-corrected chi connectivity index (χ2v) is 5.68. The lowest BCUT2D eigenvalue weighted by atomic mass is 10.0. The van der Waals surface area contributed by atoms with Crippen molar-refractivity contribution in [3.05, 3.63) is 83.4 Å². The van der Waals surface area contributed by atoms with Gasteiger partial charge in [-0.3, -0.25) is 4.79 Å². The van der Waals surface area contributed by atoms with Crippen molar-refractivity contribution in [2.75, 3.05) is 12.4 Å². The van der Waals surface area contributed by atoms with Crippen molar-refractivity contribution in [3.8, 4) is 16.9 Å². The number of hydrogen-bond donors (Lipinski definition) is 1. The van der Waals surface area contributed by atoms with Gasteiger partial charge in [-0.25, -0.2) is 0 Å². The minimum absolute atomic E-state index is 0.213. The average molecular weight is 338 g/mol. The second-order valence-electron chi connectivity index (χ2n) is 5.24. The average Bonchev–Trinajstić information content (AvgIpc) is 2.63. The van der Waals surface area contributed by atoms with Crippen molar-refractivity contribution < 1.29 is 9.53 Å². The van der Waals surface area contributed by atoms with Gasteiger partial charge in [0, 0.05) is 10.6 Å². The molecule has 0 fully saturated rings. The van der Waals surface area contributed by atoms with E-state index in [4.69, 9.17) is 16.3 Å². The maximum atomic E-state index is 12.4.